The molecule has 2 aromatic rings. The molecule has 0 spiro atoms. The fourth-order valence-corrected chi connectivity index (χ4v) is 4.35. The number of H-pyrrole nitrogens is 1. The first-order valence-corrected chi connectivity index (χ1v) is 13.0. The van der Waals surface area contributed by atoms with E-state index < -0.39 is 11.2 Å². The van der Waals surface area contributed by atoms with Gasteiger partial charge in [0.1, 0.15) is 5.82 Å². The summed E-state index contributed by atoms with van der Waals surface area (Å²) in [5.74, 6) is 0.783. The lowest BCUT2D eigenvalue weighted by Gasteiger charge is -2.11. The maximum atomic E-state index is 12.1. The molecule has 33 heavy (non-hydrogen) atoms. The maximum absolute atomic E-state index is 12.1. The summed E-state index contributed by atoms with van der Waals surface area (Å²) in [7, 11) is 3.41. The monoisotopic (exact) mass is 463 g/mol. The first-order valence-electron chi connectivity index (χ1n) is 13.0. The van der Waals surface area contributed by atoms with E-state index in [0.29, 0.717) is 24.1 Å². The molecule has 8 heteroatoms. The SMILES string of the molecule is CCCCCCCCCCCCNCC(O)CCCCc1nc2c(c(=O)[nH]c(=O)n2C)n1C. The van der Waals surface area contributed by atoms with Gasteiger partial charge in [-0.3, -0.25) is 14.3 Å². The normalized spacial score (nSPS) is 12.6. The molecule has 0 radical (unpaired) electrons. The van der Waals surface area contributed by atoms with Crippen LogP contribution in [0.15, 0.2) is 9.59 Å². The van der Waals surface area contributed by atoms with Gasteiger partial charge in [0.25, 0.3) is 5.56 Å². The Kier molecular flexibility index (Phi) is 12.5. The zero-order valence-electron chi connectivity index (χ0n) is 21.0. The first-order chi connectivity index (χ1) is 16.0. The number of aryl methyl sites for hydroxylation is 3. The van der Waals surface area contributed by atoms with Crippen molar-refractivity contribution < 1.29 is 5.11 Å². The van der Waals surface area contributed by atoms with E-state index in [1.54, 1.807) is 18.7 Å². The molecule has 0 fully saturated rings. The van der Waals surface area contributed by atoms with E-state index >= 15 is 0 Å². The van der Waals surface area contributed by atoms with Gasteiger partial charge >= 0.3 is 5.69 Å². The number of fused-ring (bicyclic) bond motifs is 1. The Bertz CT molecular complexity index is 930. The molecule has 188 valence electrons. The molecule has 0 aromatic carbocycles. The van der Waals surface area contributed by atoms with Gasteiger partial charge in [-0.05, 0) is 25.8 Å². The second kappa shape index (κ2) is 15.1. The van der Waals surface area contributed by atoms with Crippen LogP contribution in [0.3, 0.4) is 0 Å². The standard InChI is InChI=1S/C25H45N5O3/c1-4-5-6-7-8-9-10-11-12-15-18-26-19-20(31)16-13-14-17-21-27-23-22(29(21)2)24(32)28-25(33)30(23)3/h20,26,31H,4-19H2,1-3H3,(H,28,32,33). The molecular formula is C25H45N5O3. The summed E-state index contributed by atoms with van der Waals surface area (Å²) in [5, 5.41) is 13.6. The van der Waals surface area contributed by atoms with E-state index in [0.717, 1.165) is 31.6 Å². The second-order valence-electron chi connectivity index (χ2n) is 9.36. The van der Waals surface area contributed by atoms with Gasteiger partial charge in [0.05, 0.1) is 6.10 Å². The van der Waals surface area contributed by atoms with E-state index in [-0.39, 0.29) is 6.10 Å². The maximum Gasteiger partial charge on any atom is 0.329 e. The number of aliphatic hydroxyl groups is 1. The molecule has 0 saturated carbocycles. The predicted octanol–water partition coefficient (Wildman–Crippen LogP) is 3.54. The van der Waals surface area contributed by atoms with Crippen molar-refractivity contribution >= 4 is 11.2 Å². The molecule has 0 saturated heterocycles. The topological polar surface area (TPSA) is 105 Å². The van der Waals surface area contributed by atoms with Crippen LogP contribution in [0.25, 0.3) is 11.2 Å². The minimum Gasteiger partial charge on any atom is -0.392 e. The number of rotatable bonds is 18. The fraction of sp³-hybridized carbons (Fsp3) is 0.800. The molecule has 0 bridgehead atoms. The molecule has 0 amide bonds. The van der Waals surface area contributed by atoms with Crippen LogP contribution >= 0.6 is 0 Å². The van der Waals surface area contributed by atoms with E-state index in [2.05, 4.69) is 22.2 Å². The summed E-state index contributed by atoms with van der Waals surface area (Å²) >= 11 is 0. The summed E-state index contributed by atoms with van der Waals surface area (Å²) in [5.41, 5.74) is -0.0235. The Balaban J connectivity index is 1.52. The van der Waals surface area contributed by atoms with E-state index in [9.17, 15) is 14.7 Å². The van der Waals surface area contributed by atoms with Crippen LogP contribution in [-0.2, 0) is 20.5 Å². The van der Waals surface area contributed by atoms with Crippen molar-refractivity contribution in [2.45, 2.75) is 103 Å². The first kappa shape index (κ1) is 27.3. The van der Waals surface area contributed by atoms with Gasteiger partial charge in [0, 0.05) is 27.1 Å². The van der Waals surface area contributed by atoms with Crippen molar-refractivity contribution in [1.82, 2.24) is 24.4 Å². The molecule has 8 nitrogen and oxygen atoms in total. The van der Waals surface area contributed by atoms with Crippen molar-refractivity contribution in [3.63, 3.8) is 0 Å². The molecule has 3 N–H and O–H groups in total. The van der Waals surface area contributed by atoms with Crippen LogP contribution in [0.1, 0.15) is 96.2 Å². The molecule has 0 aliphatic carbocycles. The van der Waals surface area contributed by atoms with E-state index in [4.69, 9.17) is 0 Å². The third kappa shape index (κ3) is 9.08. The molecular weight excluding hydrogens is 418 g/mol. The quantitative estimate of drug-likeness (QED) is 0.293. The van der Waals surface area contributed by atoms with Gasteiger partial charge in [-0.15, -0.1) is 0 Å². The number of hydrogen-bond donors (Lipinski definition) is 3. The number of aromatic nitrogens is 4. The van der Waals surface area contributed by atoms with E-state index in [1.165, 1.54) is 68.8 Å². The van der Waals surface area contributed by atoms with Gasteiger partial charge in [-0.25, -0.2) is 9.78 Å². The Morgan fingerprint density at radius 1 is 0.909 bits per heavy atom. The molecule has 2 rings (SSSR count). The van der Waals surface area contributed by atoms with Gasteiger partial charge in [0.15, 0.2) is 11.2 Å². The van der Waals surface area contributed by atoms with Crippen LogP contribution in [0.2, 0.25) is 0 Å². The molecule has 2 aromatic heterocycles. The van der Waals surface area contributed by atoms with Crippen molar-refractivity contribution in [1.29, 1.82) is 0 Å². The lowest BCUT2D eigenvalue weighted by atomic mass is 10.1. The number of nitrogens with one attached hydrogen (secondary N) is 2. The van der Waals surface area contributed by atoms with Crippen LogP contribution in [0, 0.1) is 0 Å². The molecule has 1 unspecified atom stereocenters. The third-order valence-electron chi connectivity index (χ3n) is 6.50. The fourth-order valence-electron chi connectivity index (χ4n) is 4.35. The van der Waals surface area contributed by atoms with Crippen molar-refractivity contribution in [3.05, 3.63) is 26.7 Å². The zero-order valence-corrected chi connectivity index (χ0v) is 21.0. The van der Waals surface area contributed by atoms with Crippen molar-refractivity contribution in [3.8, 4) is 0 Å². The predicted molar refractivity (Wildman–Crippen MR) is 135 cm³/mol. The number of nitrogens with zero attached hydrogens (tertiary/aromatic N) is 3. The average Bonchev–Trinajstić information content (AvgIpc) is 3.12. The van der Waals surface area contributed by atoms with Gasteiger partial charge in [-0.2, -0.15) is 0 Å². The van der Waals surface area contributed by atoms with Gasteiger partial charge in [0.2, 0.25) is 0 Å². The van der Waals surface area contributed by atoms with Gasteiger partial charge in [-0.1, -0.05) is 71.1 Å². The summed E-state index contributed by atoms with van der Waals surface area (Å²) in [4.78, 5) is 30.7. The van der Waals surface area contributed by atoms with Crippen molar-refractivity contribution in [2.24, 2.45) is 14.1 Å². The van der Waals surface area contributed by atoms with Crippen LogP contribution in [-0.4, -0.2) is 43.4 Å². The largest absolute Gasteiger partial charge is 0.392 e. The number of hydrogen-bond acceptors (Lipinski definition) is 5. The Morgan fingerprint density at radius 2 is 1.55 bits per heavy atom. The Hall–Kier alpha value is -1.93. The van der Waals surface area contributed by atoms with Crippen molar-refractivity contribution in [2.75, 3.05) is 13.1 Å². The lowest BCUT2D eigenvalue weighted by molar-refractivity contribution is 0.158. The highest BCUT2D eigenvalue weighted by atomic mass is 16.3. The summed E-state index contributed by atoms with van der Waals surface area (Å²) in [6, 6.07) is 0. The molecule has 0 aliphatic rings. The highest BCUT2D eigenvalue weighted by molar-refractivity contribution is 5.70. The lowest BCUT2D eigenvalue weighted by Crippen LogP contribution is -2.29. The summed E-state index contributed by atoms with van der Waals surface area (Å²) in [6.07, 6.45) is 16.2. The number of unbranched alkanes of at least 4 members (excludes halogenated alkanes) is 10. The molecule has 2 heterocycles. The van der Waals surface area contributed by atoms with E-state index in [1.807, 2.05) is 0 Å². The Morgan fingerprint density at radius 3 is 2.21 bits per heavy atom. The number of aromatic amines is 1. The molecule has 1 atom stereocenters. The summed E-state index contributed by atoms with van der Waals surface area (Å²) < 4.78 is 3.13. The zero-order chi connectivity index (χ0) is 24.1. The number of aliphatic hydroxyl groups excluding tert-OH is 1. The van der Waals surface area contributed by atoms with Gasteiger partial charge < -0.3 is 15.0 Å². The van der Waals surface area contributed by atoms with Crippen LogP contribution in [0.4, 0.5) is 0 Å². The number of imidazole rings is 1. The van der Waals surface area contributed by atoms with Crippen LogP contribution in [0.5, 0.6) is 0 Å². The van der Waals surface area contributed by atoms with Crippen LogP contribution < -0.4 is 16.6 Å². The third-order valence-corrected chi connectivity index (χ3v) is 6.50. The average molecular weight is 464 g/mol. The highest BCUT2D eigenvalue weighted by Crippen LogP contribution is 2.13. The second-order valence-corrected chi connectivity index (χ2v) is 9.36. The summed E-state index contributed by atoms with van der Waals surface area (Å²) in [6.45, 7) is 3.87. The smallest absolute Gasteiger partial charge is 0.329 e. The minimum atomic E-state index is -0.453. The Labute approximate surface area is 197 Å². The minimum absolute atomic E-state index is 0.336. The highest BCUT2D eigenvalue weighted by Gasteiger charge is 2.14. The molecule has 0 aliphatic heterocycles.